The number of carbonyl (C=O) groups is 1. The van der Waals surface area contributed by atoms with Gasteiger partial charge in [0, 0.05) is 55.9 Å². The van der Waals surface area contributed by atoms with Crippen molar-refractivity contribution < 1.29 is 9.53 Å². The lowest BCUT2D eigenvalue weighted by Gasteiger charge is -2.33. The van der Waals surface area contributed by atoms with E-state index in [-0.39, 0.29) is 11.8 Å². The van der Waals surface area contributed by atoms with E-state index in [0.29, 0.717) is 19.0 Å². The first-order valence-corrected chi connectivity index (χ1v) is 11.6. The number of rotatable bonds is 6. The molecular formula is C27H27N5O2. The predicted molar refractivity (Wildman–Crippen MR) is 129 cm³/mol. The molecule has 34 heavy (non-hydrogen) atoms. The van der Waals surface area contributed by atoms with Crippen LogP contribution in [0.5, 0.6) is 11.6 Å². The van der Waals surface area contributed by atoms with Gasteiger partial charge in [-0.15, -0.1) is 0 Å². The maximum atomic E-state index is 13.6. The number of piperidine rings is 1. The summed E-state index contributed by atoms with van der Waals surface area (Å²) in [6.07, 6.45) is 10.6. The number of aromatic nitrogens is 4. The normalized spacial score (nSPS) is 15.8. The summed E-state index contributed by atoms with van der Waals surface area (Å²) < 4.78 is 8.14. The van der Waals surface area contributed by atoms with E-state index < -0.39 is 0 Å². The quantitative estimate of drug-likeness (QED) is 0.418. The second-order valence-electron chi connectivity index (χ2n) is 8.60. The molecule has 0 aliphatic carbocycles. The van der Waals surface area contributed by atoms with Crippen LogP contribution in [0.1, 0.15) is 45.9 Å². The van der Waals surface area contributed by atoms with E-state index in [0.717, 1.165) is 47.5 Å². The fraction of sp³-hybridized carbons (Fsp3) is 0.259. The number of nitrogens with zero attached hydrogens (tertiary/aromatic N) is 5. The molecule has 0 radical (unpaired) electrons. The average Bonchev–Trinajstić information content (AvgIpc) is 3.39. The Balaban J connectivity index is 1.37. The molecule has 0 spiro atoms. The van der Waals surface area contributed by atoms with Crippen LogP contribution in [0.15, 0.2) is 79.6 Å². The molecular weight excluding hydrogens is 426 g/mol. The lowest BCUT2D eigenvalue weighted by Crippen LogP contribution is -2.39. The van der Waals surface area contributed by atoms with Crippen molar-refractivity contribution in [3.8, 4) is 11.6 Å². The van der Waals surface area contributed by atoms with Crippen molar-refractivity contribution in [3.63, 3.8) is 0 Å². The van der Waals surface area contributed by atoms with Gasteiger partial charge < -0.3 is 14.2 Å². The van der Waals surface area contributed by atoms with E-state index in [9.17, 15) is 4.79 Å². The van der Waals surface area contributed by atoms with Crippen LogP contribution in [0, 0.1) is 6.92 Å². The number of aryl methyl sites for hydroxylation is 1. The Morgan fingerprint density at radius 1 is 1.06 bits per heavy atom. The van der Waals surface area contributed by atoms with E-state index >= 15 is 0 Å². The van der Waals surface area contributed by atoms with E-state index in [1.54, 1.807) is 24.9 Å². The van der Waals surface area contributed by atoms with Crippen LogP contribution >= 0.6 is 0 Å². The molecule has 7 heteroatoms. The van der Waals surface area contributed by atoms with E-state index in [1.807, 2.05) is 71.1 Å². The molecule has 7 nitrogen and oxygen atoms in total. The van der Waals surface area contributed by atoms with E-state index in [1.165, 1.54) is 0 Å². The maximum absolute atomic E-state index is 13.6. The third kappa shape index (κ3) is 4.69. The van der Waals surface area contributed by atoms with E-state index in [4.69, 9.17) is 4.74 Å². The lowest BCUT2D eigenvalue weighted by molar-refractivity contribution is 0.0703. The predicted octanol–water partition coefficient (Wildman–Crippen LogP) is 4.84. The van der Waals surface area contributed by atoms with Crippen LogP contribution in [0.3, 0.4) is 0 Å². The van der Waals surface area contributed by atoms with Gasteiger partial charge in [-0.3, -0.25) is 9.78 Å². The second-order valence-corrected chi connectivity index (χ2v) is 8.60. The number of benzene rings is 2. The summed E-state index contributed by atoms with van der Waals surface area (Å²) in [7, 11) is 0. The molecule has 1 saturated heterocycles. The summed E-state index contributed by atoms with van der Waals surface area (Å²) in [6.45, 7) is 3.93. The van der Waals surface area contributed by atoms with Gasteiger partial charge >= 0.3 is 0 Å². The zero-order valence-corrected chi connectivity index (χ0v) is 19.2. The molecule has 1 amide bonds. The van der Waals surface area contributed by atoms with Crippen molar-refractivity contribution in [1.29, 1.82) is 0 Å². The molecule has 0 saturated carbocycles. The molecule has 3 heterocycles. The maximum Gasteiger partial charge on any atom is 0.254 e. The van der Waals surface area contributed by atoms with Gasteiger partial charge in [0.2, 0.25) is 5.88 Å². The number of hydrogen-bond donors (Lipinski definition) is 0. The fourth-order valence-electron chi connectivity index (χ4n) is 4.47. The number of carbonyl (C=O) groups excluding carboxylic acids is 1. The van der Waals surface area contributed by atoms with Crippen molar-refractivity contribution in [1.82, 2.24) is 24.4 Å². The summed E-state index contributed by atoms with van der Waals surface area (Å²) in [5, 5.41) is 0. The Morgan fingerprint density at radius 2 is 1.88 bits per heavy atom. The standard InChI is InChI=1S/C27H27N5O2/c1-20-7-2-5-11-24(20)34-26-25(29-12-13-30-26)22-9-6-15-32(18-22)27(33)23-10-4-3-8-21(23)17-31-16-14-28-19-31/h2-5,7-8,10-14,16,19,22H,6,9,15,17-18H2,1H3/t22-/m0/s1. The SMILES string of the molecule is Cc1ccccc1Oc1nccnc1[C@H]1CCCN(C(=O)c2ccccc2Cn2ccnc2)C1. The van der Waals surface area contributed by atoms with Crippen LogP contribution in [0.4, 0.5) is 0 Å². The summed E-state index contributed by atoms with van der Waals surface area (Å²) in [6, 6.07) is 15.7. The number of imidazole rings is 1. The van der Waals surface area contributed by atoms with Crippen molar-refractivity contribution in [2.45, 2.75) is 32.2 Å². The summed E-state index contributed by atoms with van der Waals surface area (Å²) in [4.78, 5) is 28.7. The first-order valence-electron chi connectivity index (χ1n) is 11.6. The first-order chi connectivity index (χ1) is 16.7. The van der Waals surface area contributed by atoms with Gasteiger partial charge in [0.15, 0.2) is 0 Å². The third-order valence-corrected chi connectivity index (χ3v) is 6.25. The van der Waals surface area contributed by atoms with Crippen LogP contribution < -0.4 is 4.74 Å². The molecule has 172 valence electrons. The minimum Gasteiger partial charge on any atom is -0.437 e. The molecule has 1 atom stereocenters. The molecule has 1 aliphatic rings. The number of para-hydroxylation sites is 1. The van der Waals surface area contributed by atoms with Crippen molar-refractivity contribution in [2.24, 2.45) is 0 Å². The van der Waals surface area contributed by atoms with Gasteiger partial charge in [0.25, 0.3) is 5.91 Å². The lowest BCUT2D eigenvalue weighted by atomic mass is 9.93. The second kappa shape index (κ2) is 9.87. The molecule has 0 bridgehead atoms. The minimum absolute atomic E-state index is 0.0469. The Labute approximate surface area is 199 Å². The van der Waals surface area contributed by atoms with Gasteiger partial charge in [0.05, 0.1) is 6.33 Å². The average molecular weight is 454 g/mol. The van der Waals surface area contributed by atoms with Crippen LogP contribution in [0.2, 0.25) is 0 Å². The highest BCUT2D eigenvalue weighted by Gasteiger charge is 2.29. The fourth-order valence-corrected chi connectivity index (χ4v) is 4.47. The third-order valence-electron chi connectivity index (χ3n) is 6.25. The molecule has 4 aromatic rings. The Morgan fingerprint density at radius 3 is 2.74 bits per heavy atom. The van der Waals surface area contributed by atoms with Crippen molar-refractivity contribution >= 4 is 5.91 Å². The van der Waals surface area contributed by atoms with E-state index in [2.05, 4.69) is 15.0 Å². The Bertz CT molecular complexity index is 1270. The highest BCUT2D eigenvalue weighted by molar-refractivity contribution is 5.95. The Hall–Kier alpha value is -4.00. The minimum atomic E-state index is 0.0469. The van der Waals surface area contributed by atoms with Gasteiger partial charge in [-0.1, -0.05) is 36.4 Å². The van der Waals surface area contributed by atoms with Gasteiger partial charge in [-0.25, -0.2) is 9.97 Å². The Kier molecular flexibility index (Phi) is 6.33. The molecule has 0 N–H and O–H groups in total. The van der Waals surface area contributed by atoms with Gasteiger partial charge in [-0.05, 0) is 43.0 Å². The van der Waals surface area contributed by atoms with Gasteiger partial charge in [-0.2, -0.15) is 0 Å². The monoisotopic (exact) mass is 453 g/mol. The van der Waals surface area contributed by atoms with Crippen LogP contribution in [-0.2, 0) is 6.54 Å². The topological polar surface area (TPSA) is 73.1 Å². The van der Waals surface area contributed by atoms with Crippen molar-refractivity contribution in [2.75, 3.05) is 13.1 Å². The smallest absolute Gasteiger partial charge is 0.254 e. The molecule has 1 aliphatic heterocycles. The number of hydrogen-bond acceptors (Lipinski definition) is 5. The number of ether oxygens (including phenoxy) is 1. The number of likely N-dealkylation sites (tertiary alicyclic amines) is 1. The molecule has 2 aromatic heterocycles. The zero-order chi connectivity index (χ0) is 23.3. The highest BCUT2D eigenvalue weighted by atomic mass is 16.5. The summed E-state index contributed by atoms with van der Waals surface area (Å²) >= 11 is 0. The highest BCUT2D eigenvalue weighted by Crippen LogP contribution is 2.34. The summed E-state index contributed by atoms with van der Waals surface area (Å²) in [5.74, 6) is 1.38. The molecule has 1 fully saturated rings. The first kappa shape index (κ1) is 21.8. The van der Waals surface area contributed by atoms with Crippen LogP contribution in [0.25, 0.3) is 0 Å². The number of amides is 1. The molecule has 0 unspecified atom stereocenters. The largest absolute Gasteiger partial charge is 0.437 e. The van der Waals surface area contributed by atoms with Crippen LogP contribution in [-0.4, -0.2) is 43.4 Å². The summed E-state index contributed by atoms with van der Waals surface area (Å²) in [5.41, 5.74) is 3.55. The molecule has 5 rings (SSSR count). The van der Waals surface area contributed by atoms with Gasteiger partial charge in [0.1, 0.15) is 11.4 Å². The van der Waals surface area contributed by atoms with Crippen molar-refractivity contribution in [3.05, 3.63) is 102 Å². The zero-order valence-electron chi connectivity index (χ0n) is 19.2. The molecule has 2 aromatic carbocycles.